The Hall–Kier alpha value is -4.75. The van der Waals surface area contributed by atoms with E-state index in [-0.39, 0.29) is 21.3 Å². The first-order chi connectivity index (χ1) is 23.3. The van der Waals surface area contributed by atoms with Crippen LogP contribution in [-0.2, 0) is 24.7 Å². The van der Waals surface area contributed by atoms with Crippen LogP contribution in [0.15, 0.2) is 141 Å². The molecular weight excluding hydrogens is 899 g/mol. The first-order valence-corrected chi connectivity index (χ1v) is 20.2. The van der Waals surface area contributed by atoms with Crippen LogP contribution in [0.2, 0.25) is 0 Å². The molecule has 0 spiro atoms. The Morgan fingerprint density at radius 2 is 0.816 bits per heavy atom. The van der Waals surface area contributed by atoms with Gasteiger partial charge in [-0.2, -0.15) is 16.8 Å². The van der Waals surface area contributed by atoms with E-state index < -0.39 is 48.1 Å². The predicted molar refractivity (Wildman–Crippen MR) is 180 cm³/mol. The number of benzene rings is 6. The van der Waals surface area contributed by atoms with Gasteiger partial charge in [0, 0.05) is 34.3 Å². The van der Waals surface area contributed by atoms with Crippen molar-refractivity contribution in [3.63, 3.8) is 0 Å². The second-order valence-corrected chi connectivity index (χ2v) is 13.4. The van der Waals surface area contributed by atoms with Gasteiger partial charge in [-0.05, 0) is 59.3 Å². The fraction of sp³-hybridized carbons (Fsp3) is 0. The maximum absolute atomic E-state index is 11.6. The van der Waals surface area contributed by atoms with Gasteiger partial charge in [0.1, 0.15) is 21.3 Å². The molecule has 49 heavy (non-hydrogen) atoms. The quantitative estimate of drug-likeness (QED) is 0.101. The molecule has 0 fully saturated rings. The van der Waals surface area contributed by atoms with Crippen molar-refractivity contribution in [3.8, 4) is 11.5 Å². The number of nitrogens with zero attached hydrogens (tertiary/aromatic N) is 2. The molecule has 0 heterocycles. The summed E-state index contributed by atoms with van der Waals surface area (Å²) in [6.07, 6.45) is 2.90. The third-order valence-corrected chi connectivity index (χ3v) is 8.60. The molecule has 6 aromatic carbocycles. The number of hydrogen-bond acceptors (Lipinski definition) is 10. The van der Waals surface area contributed by atoms with Crippen molar-refractivity contribution in [1.29, 1.82) is 0 Å². The molecule has 6 rings (SSSR count). The summed E-state index contributed by atoms with van der Waals surface area (Å²) in [5.41, 5.74) is 1.79. The summed E-state index contributed by atoms with van der Waals surface area (Å²) >= 11 is -2.51. The zero-order valence-electron chi connectivity index (χ0n) is 25.2. The summed E-state index contributed by atoms with van der Waals surface area (Å²) in [6.45, 7) is 0. The van der Waals surface area contributed by atoms with Crippen LogP contribution in [0.5, 0.6) is 11.5 Å². The Kier molecular flexibility index (Phi) is 12.5. The van der Waals surface area contributed by atoms with Crippen LogP contribution in [-0.4, -0.2) is 48.6 Å². The Bertz CT molecular complexity index is 2280. The standard InChI is InChI=1S/2C17H13NO4S.2O.U/c2*19-15-9-2-1-5-13(15)11-18-14-8-3-6-12-7-4-10-16(17(12)14)23(20,21)22;;;/h2*1-11,19H,(H,20,21,22);;;. The van der Waals surface area contributed by atoms with E-state index in [2.05, 4.69) is 9.98 Å². The van der Waals surface area contributed by atoms with Crippen molar-refractivity contribution in [2.45, 2.75) is 9.79 Å². The third-order valence-electron chi connectivity index (χ3n) is 6.80. The van der Waals surface area contributed by atoms with Gasteiger partial charge in [-0.1, -0.05) is 72.8 Å². The second-order valence-electron chi connectivity index (χ2n) is 9.93. The van der Waals surface area contributed by atoms with Gasteiger partial charge in [-0.25, -0.2) is 0 Å². The predicted octanol–water partition coefficient (Wildman–Crippen LogP) is 6.85. The topological polar surface area (TPSA) is 208 Å². The summed E-state index contributed by atoms with van der Waals surface area (Å²) in [5.74, 6) is 0.151. The molecule has 0 amide bonds. The minimum absolute atomic E-state index is 0.0755. The molecule has 0 aliphatic carbocycles. The maximum atomic E-state index is 11.6. The number of aliphatic imine (C=N–C) groups is 2. The van der Waals surface area contributed by atoms with Gasteiger partial charge >= 0.3 is 32.3 Å². The molecule has 0 aromatic heterocycles. The molecule has 0 unspecified atom stereocenters. The number of fused-ring (bicyclic) bond motifs is 2. The first-order valence-electron chi connectivity index (χ1n) is 14.0. The van der Waals surface area contributed by atoms with Crippen LogP contribution in [0.25, 0.3) is 21.5 Å². The molecule has 4 N–H and O–H groups in total. The van der Waals surface area contributed by atoms with Gasteiger partial charge in [-0.3, -0.25) is 19.1 Å². The molecule has 0 saturated heterocycles. The third kappa shape index (κ3) is 9.67. The average Bonchev–Trinajstić information content (AvgIpc) is 3.07. The van der Waals surface area contributed by atoms with E-state index in [4.69, 9.17) is 4.47 Å². The van der Waals surface area contributed by atoms with E-state index in [9.17, 15) is 36.2 Å². The molecule has 0 aliphatic heterocycles. The molecule has 0 aliphatic rings. The van der Waals surface area contributed by atoms with Gasteiger partial charge in [0.05, 0.1) is 11.4 Å². The molecule has 0 saturated carbocycles. The second kappa shape index (κ2) is 16.6. The molecule has 248 valence electrons. The van der Waals surface area contributed by atoms with E-state index in [1.54, 1.807) is 97.1 Å². The van der Waals surface area contributed by atoms with E-state index in [1.807, 2.05) is 0 Å². The number of phenols is 2. The summed E-state index contributed by atoms with van der Waals surface area (Å²) in [4.78, 5) is 8.17. The van der Waals surface area contributed by atoms with E-state index in [0.29, 0.717) is 44.0 Å². The monoisotopic (exact) mass is 924 g/mol. The Balaban J connectivity index is 0.000000205. The Morgan fingerprint density at radius 1 is 0.490 bits per heavy atom. The normalized spacial score (nSPS) is 11.5. The van der Waals surface area contributed by atoms with Crippen LogP contribution in [0.4, 0.5) is 11.4 Å². The van der Waals surface area contributed by atoms with Crippen molar-refractivity contribution >= 4 is 65.6 Å². The zero-order chi connectivity index (χ0) is 35.6. The van der Waals surface area contributed by atoms with Crippen molar-refractivity contribution in [1.82, 2.24) is 0 Å². The van der Waals surface area contributed by atoms with Crippen LogP contribution in [0, 0.1) is 27.8 Å². The van der Waals surface area contributed by atoms with Crippen LogP contribution < -0.4 is 0 Å². The molecular formula is C34H26N2O10S2U. The van der Waals surface area contributed by atoms with Crippen molar-refractivity contribution in [3.05, 3.63) is 132 Å². The summed E-state index contributed by atoms with van der Waals surface area (Å²) in [7, 11) is -8.73. The summed E-state index contributed by atoms with van der Waals surface area (Å²) in [6, 6.07) is 32.9. The average molecular weight is 925 g/mol. The number of phenolic OH excluding ortho intramolecular Hbond substituents is 2. The van der Waals surface area contributed by atoms with Gasteiger partial charge in [0.2, 0.25) is 0 Å². The van der Waals surface area contributed by atoms with Crippen LogP contribution in [0.3, 0.4) is 0 Å². The molecule has 0 atom stereocenters. The minimum atomic E-state index is -4.37. The molecule has 15 heteroatoms. The first kappa shape index (κ1) is 37.1. The number of rotatable bonds is 6. The molecule has 0 radical (unpaired) electrons. The number of hydrogen-bond donors (Lipinski definition) is 4. The van der Waals surface area contributed by atoms with Gasteiger partial charge in [0.15, 0.2) is 0 Å². The summed E-state index contributed by atoms with van der Waals surface area (Å²) in [5, 5.41) is 21.5. The van der Waals surface area contributed by atoms with E-state index in [1.165, 1.54) is 36.7 Å². The van der Waals surface area contributed by atoms with Gasteiger partial charge < -0.3 is 10.2 Å². The van der Waals surface area contributed by atoms with Crippen LogP contribution >= 0.6 is 0 Å². The van der Waals surface area contributed by atoms with Crippen LogP contribution in [0.1, 0.15) is 11.1 Å². The van der Waals surface area contributed by atoms with E-state index >= 15 is 0 Å². The molecule has 0 bridgehead atoms. The molecule has 12 nitrogen and oxygen atoms in total. The Labute approximate surface area is 295 Å². The van der Waals surface area contributed by atoms with Gasteiger partial charge in [0.25, 0.3) is 20.2 Å². The number of para-hydroxylation sites is 2. The fourth-order valence-electron chi connectivity index (χ4n) is 4.69. The Morgan fingerprint density at radius 3 is 1.14 bits per heavy atom. The fourth-order valence-corrected chi connectivity index (χ4v) is 6.15. The van der Waals surface area contributed by atoms with Crippen molar-refractivity contribution in [2.24, 2.45) is 9.98 Å². The van der Waals surface area contributed by atoms with E-state index in [0.717, 1.165) is 0 Å². The van der Waals surface area contributed by atoms with Gasteiger partial charge in [-0.15, -0.1) is 0 Å². The molecule has 6 aromatic rings. The zero-order valence-corrected chi connectivity index (χ0v) is 30.9. The summed E-state index contributed by atoms with van der Waals surface area (Å²) < 4.78 is 82.4. The van der Waals surface area contributed by atoms with Crippen molar-refractivity contribution < 1.29 is 68.4 Å². The SMILES string of the molecule is O=S(=O)(O)c1cccc2cccc(N=Cc3ccccc3O)c12.O=S(=O)(O)c1cccc2cccc(N=Cc3ccccc3O)c12.[O]=[U]=[O]. The van der Waals surface area contributed by atoms with Crippen molar-refractivity contribution in [2.75, 3.05) is 0 Å². The number of aromatic hydroxyl groups is 2.